The molecular formula is C30H48N6. The molecule has 6 nitrogen and oxygen atoms in total. The lowest BCUT2D eigenvalue weighted by molar-refractivity contribution is 0.296. The fourth-order valence-corrected chi connectivity index (χ4v) is 3.53. The van der Waals surface area contributed by atoms with Gasteiger partial charge >= 0.3 is 0 Å². The van der Waals surface area contributed by atoms with Gasteiger partial charge in [-0.25, -0.2) is 0 Å². The second-order valence-corrected chi connectivity index (χ2v) is 8.81. The van der Waals surface area contributed by atoms with Crippen LogP contribution in [-0.4, -0.2) is 56.7 Å². The van der Waals surface area contributed by atoms with Crippen LogP contribution in [0.3, 0.4) is 0 Å². The third-order valence-corrected chi connectivity index (χ3v) is 5.82. The minimum absolute atomic E-state index is 0.712. The molecular weight excluding hydrogens is 444 g/mol. The number of anilines is 1. The Morgan fingerprint density at radius 2 is 0.972 bits per heavy atom. The van der Waals surface area contributed by atoms with Gasteiger partial charge < -0.3 is 22.1 Å². The van der Waals surface area contributed by atoms with E-state index in [0.717, 1.165) is 52.0 Å². The van der Waals surface area contributed by atoms with E-state index in [1.807, 2.05) is 26.2 Å². The third kappa shape index (κ3) is 13.4. The third-order valence-electron chi connectivity index (χ3n) is 5.82. The van der Waals surface area contributed by atoms with Crippen molar-refractivity contribution in [2.75, 3.05) is 51.7 Å². The molecule has 0 fully saturated rings. The van der Waals surface area contributed by atoms with Gasteiger partial charge in [-0.2, -0.15) is 0 Å². The highest BCUT2D eigenvalue weighted by atomic mass is 15.1. The first-order chi connectivity index (χ1) is 17.5. The molecule has 3 aromatic rings. The maximum Gasteiger partial charge on any atom is 0.0361 e. The number of nitrogens with two attached hydrogens (primary N) is 3. The van der Waals surface area contributed by atoms with Gasteiger partial charge in [0.15, 0.2) is 0 Å². The average Bonchev–Trinajstić information content (AvgIpc) is 2.90. The number of aromatic nitrogens is 1. The van der Waals surface area contributed by atoms with Crippen LogP contribution in [0.2, 0.25) is 0 Å². The van der Waals surface area contributed by atoms with Gasteiger partial charge in [-0.15, -0.1) is 0 Å². The number of rotatable bonds is 11. The topological polar surface area (TPSA) is 97.4 Å². The maximum absolute atomic E-state index is 5.51. The van der Waals surface area contributed by atoms with E-state index < -0.39 is 0 Å². The van der Waals surface area contributed by atoms with Crippen LogP contribution in [0.4, 0.5) is 5.69 Å². The van der Waals surface area contributed by atoms with E-state index in [2.05, 4.69) is 77.2 Å². The van der Waals surface area contributed by atoms with Crippen molar-refractivity contribution in [3.8, 4) is 0 Å². The van der Waals surface area contributed by atoms with Crippen LogP contribution in [0.15, 0.2) is 73.1 Å². The van der Waals surface area contributed by atoms with Gasteiger partial charge in [0.05, 0.1) is 0 Å². The Bertz CT molecular complexity index is 891. The van der Waals surface area contributed by atoms with Crippen LogP contribution in [0.1, 0.15) is 36.1 Å². The summed E-state index contributed by atoms with van der Waals surface area (Å²) in [6.07, 6.45) is 6.46. The average molecular weight is 493 g/mol. The van der Waals surface area contributed by atoms with Gasteiger partial charge in [-0.05, 0) is 98.5 Å². The normalized spacial score (nSPS) is 10.2. The van der Waals surface area contributed by atoms with E-state index in [-0.39, 0.29) is 0 Å². The molecule has 0 saturated carbocycles. The highest BCUT2D eigenvalue weighted by Crippen LogP contribution is 2.12. The predicted molar refractivity (Wildman–Crippen MR) is 156 cm³/mol. The van der Waals surface area contributed by atoms with E-state index in [4.69, 9.17) is 17.2 Å². The van der Waals surface area contributed by atoms with Crippen LogP contribution in [0.25, 0.3) is 0 Å². The largest absolute Gasteiger partial charge is 0.378 e. The number of hydrogen-bond acceptors (Lipinski definition) is 6. The number of nitrogens with zero attached hydrogens (tertiary/aromatic N) is 3. The fraction of sp³-hybridized carbons (Fsp3) is 0.433. The van der Waals surface area contributed by atoms with Crippen molar-refractivity contribution in [2.45, 2.75) is 39.7 Å². The highest BCUT2D eigenvalue weighted by molar-refractivity contribution is 5.46. The summed E-state index contributed by atoms with van der Waals surface area (Å²) in [6, 6.07) is 21.2. The number of hydrogen-bond donors (Lipinski definition) is 3. The van der Waals surface area contributed by atoms with Crippen molar-refractivity contribution in [1.82, 2.24) is 9.88 Å². The Hall–Kier alpha value is -2.77. The molecule has 36 heavy (non-hydrogen) atoms. The summed E-state index contributed by atoms with van der Waals surface area (Å²) < 4.78 is 0. The van der Waals surface area contributed by atoms with E-state index >= 15 is 0 Å². The Morgan fingerprint density at radius 1 is 0.583 bits per heavy atom. The Labute approximate surface area is 219 Å². The molecule has 0 amide bonds. The summed E-state index contributed by atoms with van der Waals surface area (Å²) in [7, 11) is 4.08. The molecule has 0 unspecified atom stereocenters. The Morgan fingerprint density at radius 3 is 1.36 bits per heavy atom. The Kier molecular flexibility index (Phi) is 16.9. The lowest BCUT2D eigenvalue weighted by Crippen LogP contribution is -2.22. The summed E-state index contributed by atoms with van der Waals surface area (Å²) >= 11 is 0. The van der Waals surface area contributed by atoms with Gasteiger partial charge in [-0.3, -0.25) is 9.88 Å². The van der Waals surface area contributed by atoms with Crippen LogP contribution in [-0.2, 0) is 25.8 Å². The van der Waals surface area contributed by atoms with Gasteiger partial charge in [0.25, 0.3) is 0 Å². The van der Waals surface area contributed by atoms with Crippen molar-refractivity contribution in [3.63, 3.8) is 0 Å². The molecule has 0 aliphatic rings. The number of benzene rings is 2. The second kappa shape index (κ2) is 19.4. The minimum Gasteiger partial charge on any atom is -0.378 e. The minimum atomic E-state index is 0.712. The monoisotopic (exact) mass is 492 g/mol. The lowest BCUT2D eigenvalue weighted by Gasteiger charge is -2.18. The standard InChI is InChI=1S/C13H22N2.C10H16N2.C7H10N2/c1-3-15(4-2)11-13-7-5-12(6-8-13)9-10-14;1-12(2)10-5-3-9(4-6-10)7-8-11;8-4-1-7-2-5-9-6-3-7/h5-8H,3-4,9-11,14H2,1-2H3;3-6H,7-8,11H2,1-2H3;2-3,5-6H,1,4,8H2. The molecule has 2 aromatic carbocycles. The molecule has 0 spiro atoms. The van der Waals surface area contributed by atoms with Gasteiger partial charge in [-0.1, -0.05) is 50.2 Å². The molecule has 0 saturated heterocycles. The summed E-state index contributed by atoms with van der Waals surface area (Å²) in [4.78, 5) is 8.39. The summed E-state index contributed by atoms with van der Waals surface area (Å²) in [5.41, 5.74) is 22.8. The molecule has 0 aliphatic heterocycles. The summed E-state index contributed by atoms with van der Waals surface area (Å²) in [5, 5.41) is 0. The zero-order valence-corrected chi connectivity index (χ0v) is 22.9. The first kappa shape index (κ1) is 31.3. The molecule has 1 aromatic heterocycles. The van der Waals surface area contributed by atoms with Crippen LogP contribution in [0, 0.1) is 0 Å². The van der Waals surface area contributed by atoms with E-state index in [0.29, 0.717) is 6.54 Å². The molecule has 0 atom stereocenters. The second-order valence-electron chi connectivity index (χ2n) is 8.81. The predicted octanol–water partition coefficient (Wildman–Crippen LogP) is 3.87. The lowest BCUT2D eigenvalue weighted by atomic mass is 10.1. The molecule has 0 radical (unpaired) electrons. The quantitative estimate of drug-likeness (QED) is 0.376. The molecule has 1 heterocycles. The summed E-state index contributed by atoms with van der Waals surface area (Å²) in [6.45, 7) is 9.84. The van der Waals surface area contributed by atoms with E-state index in [1.54, 1.807) is 12.4 Å². The van der Waals surface area contributed by atoms with Gasteiger partial charge in [0.1, 0.15) is 0 Å². The molecule has 6 heteroatoms. The maximum atomic E-state index is 5.51. The smallest absolute Gasteiger partial charge is 0.0361 e. The highest BCUT2D eigenvalue weighted by Gasteiger charge is 2.00. The summed E-state index contributed by atoms with van der Waals surface area (Å²) in [5.74, 6) is 0. The number of pyridine rings is 1. The van der Waals surface area contributed by atoms with Crippen LogP contribution in [0.5, 0.6) is 0 Å². The van der Waals surface area contributed by atoms with Crippen molar-refractivity contribution in [1.29, 1.82) is 0 Å². The Balaban J connectivity index is 0.000000279. The van der Waals surface area contributed by atoms with Crippen molar-refractivity contribution < 1.29 is 0 Å². The van der Waals surface area contributed by atoms with Crippen LogP contribution >= 0.6 is 0 Å². The first-order valence-electron chi connectivity index (χ1n) is 13.0. The van der Waals surface area contributed by atoms with Crippen LogP contribution < -0.4 is 22.1 Å². The molecule has 0 aliphatic carbocycles. The van der Waals surface area contributed by atoms with Crippen molar-refractivity contribution in [3.05, 3.63) is 95.3 Å². The van der Waals surface area contributed by atoms with E-state index in [9.17, 15) is 0 Å². The molecule has 0 bridgehead atoms. The van der Waals surface area contributed by atoms with Crippen molar-refractivity contribution >= 4 is 5.69 Å². The first-order valence-corrected chi connectivity index (χ1v) is 13.0. The molecule has 198 valence electrons. The van der Waals surface area contributed by atoms with Gasteiger partial charge in [0, 0.05) is 38.7 Å². The fourth-order valence-electron chi connectivity index (χ4n) is 3.53. The zero-order chi connectivity index (χ0) is 26.6. The van der Waals surface area contributed by atoms with E-state index in [1.165, 1.54) is 27.9 Å². The van der Waals surface area contributed by atoms with Gasteiger partial charge in [0.2, 0.25) is 0 Å². The van der Waals surface area contributed by atoms with Crippen molar-refractivity contribution in [2.24, 2.45) is 17.2 Å². The zero-order valence-electron chi connectivity index (χ0n) is 22.9. The molecule has 3 rings (SSSR count). The SMILES string of the molecule is CCN(CC)Cc1ccc(CCN)cc1.CN(C)c1ccc(CCN)cc1.NCCc1ccncc1. The molecule has 6 N–H and O–H groups in total.